The maximum absolute atomic E-state index is 12.6. The van der Waals surface area contributed by atoms with Gasteiger partial charge in [-0.3, -0.25) is 0 Å². The first kappa shape index (κ1) is 16.5. The number of hydrogen-bond donors (Lipinski definition) is 2. The van der Waals surface area contributed by atoms with Crippen molar-refractivity contribution < 1.29 is 8.42 Å². The summed E-state index contributed by atoms with van der Waals surface area (Å²) >= 11 is 0. The molecule has 21 heavy (non-hydrogen) atoms. The van der Waals surface area contributed by atoms with Crippen molar-refractivity contribution in [2.24, 2.45) is 5.92 Å². The van der Waals surface area contributed by atoms with Crippen molar-refractivity contribution in [2.45, 2.75) is 57.0 Å². The molecule has 0 atom stereocenters. The summed E-state index contributed by atoms with van der Waals surface area (Å²) in [4.78, 5) is 0.360. The van der Waals surface area contributed by atoms with Crippen LogP contribution in [0.25, 0.3) is 0 Å². The number of rotatable bonds is 7. The molecule has 0 bridgehead atoms. The van der Waals surface area contributed by atoms with Crippen molar-refractivity contribution in [1.82, 2.24) is 10.0 Å². The third-order valence-electron chi connectivity index (χ3n) is 4.23. The third kappa shape index (κ3) is 3.84. The summed E-state index contributed by atoms with van der Waals surface area (Å²) < 4.78 is 28.1. The lowest BCUT2D eigenvalue weighted by molar-refractivity contribution is 0.400. The Morgan fingerprint density at radius 2 is 1.90 bits per heavy atom. The molecule has 0 aromatic heterocycles. The largest absolute Gasteiger partial charge is 0.316 e. The summed E-state index contributed by atoms with van der Waals surface area (Å²) in [5.41, 5.74) is 1.86. The Labute approximate surface area is 128 Å². The van der Waals surface area contributed by atoms with Crippen molar-refractivity contribution >= 4 is 10.0 Å². The van der Waals surface area contributed by atoms with Crippen LogP contribution in [-0.4, -0.2) is 21.0 Å². The van der Waals surface area contributed by atoms with E-state index in [1.807, 2.05) is 27.0 Å². The van der Waals surface area contributed by atoms with E-state index in [4.69, 9.17) is 0 Å². The number of hydrogen-bond acceptors (Lipinski definition) is 3. The molecular formula is C16H26N2O2S. The molecule has 0 radical (unpaired) electrons. The highest BCUT2D eigenvalue weighted by Gasteiger charge is 2.40. The van der Waals surface area contributed by atoms with Gasteiger partial charge in [0.1, 0.15) is 0 Å². The Bertz CT molecular complexity index is 605. The average Bonchev–Trinajstić information content (AvgIpc) is 3.22. The van der Waals surface area contributed by atoms with Gasteiger partial charge in [-0.2, -0.15) is 0 Å². The van der Waals surface area contributed by atoms with Crippen LogP contribution in [0.1, 0.15) is 44.7 Å². The molecule has 1 aliphatic rings. The zero-order valence-corrected chi connectivity index (χ0v) is 14.2. The molecule has 1 saturated carbocycles. The minimum atomic E-state index is -3.47. The first-order chi connectivity index (χ1) is 9.80. The highest BCUT2D eigenvalue weighted by atomic mass is 32.2. The maximum atomic E-state index is 12.6. The van der Waals surface area contributed by atoms with Gasteiger partial charge in [0.15, 0.2) is 0 Å². The van der Waals surface area contributed by atoms with E-state index in [-0.39, 0.29) is 5.54 Å². The normalized spacial score (nSPS) is 16.2. The molecule has 5 heteroatoms. The van der Waals surface area contributed by atoms with Crippen LogP contribution < -0.4 is 10.0 Å². The Kier molecular flexibility index (Phi) is 4.76. The second kappa shape index (κ2) is 6.07. The Morgan fingerprint density at radius 3 is 2.43 bits per heavy atom. The Hall–Kier alpha value is -0.910. The van der Waals surface area contributed by atoms with Crippen LogP contribution in [0, 0.1) is 5.92 Å². The molecule has 1 aromatic rings. The van der Waals surface area contributed by atoms with Gasteiger partial charge in [0.25, 0.3) is 0 Å². The van der Waals surface area contributed by atoms with Crippen LogP contribution >= 0.6 is 0 Å². The number of sulfonamides is 1. The molecule has 0 unspecified atom stereocenters. The van der Waals surface area contributed by atoms with Crippen molar-refractivity contribution in [1.29, 1.82) is 0 Å². The summed E-state index contributed by atoms with van der Waals surface area (Å²) in [6, 6.07) is 5.43. The van der Waals surface area contributed by atoms with Crippen molar-refractivity contribution in [3.63, 3.8) is 0 Å². The SMILES string of the molecule is CCc1ccc(S(=O)(=O)NC(C)(C)C2CC2)cc1CNC. The minimum absolute atomic E-state index is 0.360. The number of nitrogens with one attached hydrogen (secondary N) is 2. The molecule has 0 spiro atoms. The second-order valence-corrected chi connectivity index (χ2v) is 8.10. The van der Waals surface area contributed by atoms with E-state index < -0.39 is 10.0 Å². The van der Waals surface area contributed by atoms with Crippen LogP contribution in [-0.2, 0) is 23.0 Å². The van der Waals surface area contributed by atoms with Gasteiger partial charge in [-0.05, 0) is 69.3 Å². The number of aryl methyl sites for hydroxylation is 1. The first-order valence-electron chi connectivity index (χ1n) is 7.60. The summed E-state index contributed by atoms with van der Waals surface area (Å²) in [5.74, 6) is 0.457. The fraction of sp³-hybridized carbons (Fsp3) is 0.625. The van der Waals surface area contributed by atoms with Gasteiger partial charge in [0.2, 0.25) is 10.0 Å². The molecule has 2 rings (SSSR count). The van der Waals surface area contributed by atoms with E-state index in [0.29, 0.717) is 17.4 Å². The lowest BCUT2D eigenvalue weighted by Crippen LogP contribution is -2.45. The van der Waals surface area contributed by atoms with Crippen LogP contribution in [0.2, 0.25) is 0 Å². The molecule has 0 saturated heterocycles. The highest BCUT2D eigenvalue weighted by molar-refractivity contribution is 7.89. The summed E-state index contributed by atoms with van der Waals surface area (Å²) in [5, 5.41) is 3.10. The molecule has 4 nitrogen and oxygen atoms in total. The quantitative estimate of drug-likeness (QED) is 0.813. The predicted octanol–water partition coefficient (Wildman–Crippen LogP) is 2.44. The van der Waals surface area contributed by atoms with Gasteiger partial charge in [-0.1, -0.05) is 13.0 Å². The Morgan fingerprint density at radius 1 is 1.24 bits per heavy atom. The maximum Gasteiger partial charge on any atom is 0.241 e. The fourth-order valence-electron chi connectivity index (χ4n) is 2.76. The van der Waals surface area contributed by atoms with E-state index in [1.54, 1.807) is 12.1 Å². The van der Waals surface area contributed by atoms with Gasteiger partial charge in [-0.15, -0.1) is 0 Å². The van der Waals surface area contributed by atoms with Crippen molar-refractivity contribution in [3.05, 3.63) is 29.3 Å². The van der Waals surface area contributed by atoms with Gasteiger partial charge < -0.3 is 5.32 Å². The van der Waals surface area contributed by atoms with E-state index in [2.05, 4.69) is 17.0 Å². The molecular weight excluding hydrogens is 284 g/mol. The van der Waals surface area contributed by atoms with Gasteiger partial charge in [-0.25, -0.2) is 13.1 Å². The zero-order valence-electron chi connectivity index (χ0n) is 13.4. The van der Waals surface area contributed by atoms with Crippen molar-refractivity contribution in [2.75, 3.05) is 7.05 Å². The van der Waals surface area contributed by atoms with Crippen molar-refractivity contribution in [3.8, 4) is 0 Å². The molecule has 2 N–H and O–H groups in total. The molecule has 0 aliphatic heterocycles. The lowest BCUT2D eigenvalue weighted by Gasteiger charge is -2.26. The van der Waals surface area contributed by atoms with Crippen LogP contribution in [0.3, 0.4) is 0 Å². The molecule has 0 amide bonds. The zero-order chi connectivity index (χ0) is 15.7. The van der Waals surface area contributed by atoms with Crippen LogP contribution in [0.4, 0.5) is 0 Å². The van der Waals surface area contributed by atoms with E-state index >= 15 is 0 Å². The molecule has 1 aromatic carbocycles. The predicted molar refractivity (Wildman–Crippen MR) is 85.7 cm³/mol. The van der Waals surface area contributed by atoms with Gasteiger partial charge >= 0.3 is 0 Å². The van der Waals surface area contributed by atoms with Gasteiger partial charge in [0, 0.05) is 12.1 Å². The summed E-state index contributed by atoms with van der Waals surface area (Å²) in [6.07, 6.45) is 3.11. The average molecular weight is 310 g/mol. The molecule has 118 valence electrons. The number of benzene rings is 1. The molecule has 1 fully saturated rings. The smallest absolute Gasteiger partial charge is 0.241 e. The molecule has 1 aliphatic carbocycles. The monoisotopic (exact) mass is 310 g/mol. The highest BCUT2D eigenvalue weighted by Crippen LogP contribution is 2.40. The summed E-state index contributed by atoms with van der Waals surface area (Å²) in [6.45, 7) is 6.70. The van der Waals surface area contributed by atoms with Crippen LogP contribution in [0.15, 0.2) is 23.1 Å². The van der Waals surface area contributed by atoms with E-state index in [9.17, 15) is 8.42 Å². The molecule has 0 heterocycles. The summed E-state index contributed by atoms with van der Waals surface area (Å²) in [7, 11) is -1.60. The van der Waals surface area contributed by atoms with Gasteiger partial charge in [0.05, 0.1) is 4.90 Å². The first-order valence-corrected chi connectivity index (χ1v) is 9.09. The topological polar surface area (TPSA) is 58.2 Å². The lowest BCUT2D eigenvalue weighted by atomic mass is 10.0. The fourth-order valence-corrected chi connectivity index (χ4v) is 4.28. The minimum Gasteiger partial charge on any atom is -0.316 e. The van der Waals surface area contributed by atoms with E-state index in [1.165, 1.54) is 5.56 Å². The standard InChI is InChI=1S/C16H26N2O2S/c1-5-12-6-9-15(10-13(12)11-17-4)21(19,20)18-16(2,3)14-7-8-14/h6,9-10,14,17-18H,5,7-8,11H2,1-4H3. The van der Waals surface area contributed by atoms with E-state index in [0.717, 1.165) is 24.8 Å². The van der Waals surface area contributed by atoms with Crippen LogP contribution in [0.5, 0.6) is 0 Å². The third-order valence-corrected chi connectivity index (χ3v) is 5.90. The second-order valence-electron chi connectivity index (χ2n) is 6.42. The Balaban J connectivity index is 2.29.